The van der Waals surface area contributed by atoms with Crippen LogP contribution in [0.2, 0.25) is 0 Å². The largest absolute Gasteiger partial charge is 0.462 e. The van der Waals surface area contributed by atoms with Crippen molar-refractivity contribution in [2.24, 2.45) is 0 Å². The fraction of sp³-hybridized carbons (Fsp3) is 0.729. The first-order valence-electron chi connectivity index (χ1n) is 22.3. The van der Waals surface area contributed by atoms with E-state index in [1.807, 2.05) is 0 Å². The predicted octanol–water partition coefficient (Wildman–Crippen LogP) is 14.1. The molecule has 0 saturated heterocycles. The standard InChI is InChI=1S/C48H82O6/c1-4-7-10-13-16-19-20-21-22-23-24-25-26-27-30-32-35-38-41-47(50)53-44-45(54-48(51)42-39-36-33-29-18-15-12-9-6-3)43-52-46(49)40-37-34-31-28-17-14-11-8-5-2/h16,19-25,29,33,45H,4-15,17-18,26-28,30-32,34-44H2,1-3H3/b19-16-,21-20-,23-22-,25-24-,33-29-. The highest BCUT2D eigenvalue weighted by molar-refractivity contribution is 5.71. The minimum atomic E-state index is -0.793. The van der Waals surface area contributed by atoms with Crippen LogP contribution < -0.4 is 0 Å². The molecule has 0 radical (unpaired) electrons. The van der Waals surface area contributed by atoms with Crippen LogP contribution in [0.3, 0.4) is 0 Å². The van der Waals surface area contributed by atoms with Gasteiger partial charge in [-0.3, -0.25) is 14.4 Å². The van der Waals surface area contributed by atoms with E-state index in [0.29, 0.717) is 19.3 Å². The van der Waals surface area contributed by atoms with Crippen LogP contribution in [0.25, 0.3) is 0 Å². The summed E-state index contributed by atoms with van der Waals surface area (Å²) < 4.78 is 16.6. The summed E-state index contributed by atoms with van der Waals surface area (Å²) in [7, 11) is 0. The summed E-state index contributed by atoms with van der Waals surface area (Å²) in [4.78, 5) is 37.6. The lowest BCUT2D eigenvalue weighted by Gasteiger charge is -2.18. The van der Waals surface area contributed by atoms with E-state index in [0.717, 1.165) is 77.0 Å². The molecule has 0 aliphatic heterocycles. The smallest absolute Gasteiger partial charge is 0.306 e. The van der Waals surface area contributed by atoms with Gasteiger partial charge in [0.25, 0.3) is 0 Å². The van der Waals surface area contributed by atoms with Crippen molar-refractivity contribution < 1.29 is 28.6 Å². The predicted molar refractivity (Wildman–Crippen MR) is 228 cm³/mol. The number of carbonyl (C=O) groups is 3. The van der Waals surface area contributed by atoms with Gasteiger partial charge in [0.05, 0.1) is 0 Å². The van der Waals surface area contributed by atoms with E-state index in [-0.39, 0.29) is 37.5 Å². The zero-order valence-corrected chi connectivity index (χ0v) is 35.2. The quantitative estimate of drug-likeness (QED) is 0.0204. The van der Waals surface area contributed by atoms with Crippen LogP contribution >= 0.6 is 0 Å². The van der Waals surface area contributed by atoms with Gasteiger partial charge in [0.1, 0.15) is 13.2 Å². The molecule has 0 bridgehead atoms. The highest BCUT2D eigenvalue weighted by Crippen LogP contribution is 2.13. The van der Waals surface area contributed by atoms with Gasteiger partial charge in [-0.1, -0.05) is 184 Å². The van der Waals surface area contributed by atoms with Crippen molar-refractivity contribution >= 4 is 17.9 Å². The summed E-state index contributed by atoms with van der Waals surface area (Å²) in [5.74, 6) is -0.960. The monoisotopic (exact) mass is 755 g/mol. The van der Waals surface area contributed by atoms with Gasteiger partial charge in [0.15, 0.2) is 6.10 Å². The number of rotatable bonds is 39. The Morgan fingerprint density at radius 1 is 0.370 bits per heavy atom. The van der Waals surface area contributed by atoms with Crippen LogP contribution in [0, 0.1) is 0 Å². The molecule has 0 N–H and O–H groups in total. The molecule has 6 nitrogen and oxygen atoms in total. The lowest BCUT2D eigenvalue weighted by molar-refractivity contribution is -0.167. The van der Waals surface area contributed by atoms with Gasteiger partial charge in [0.2, 0.25) is 0 Å². The van der Waals surface area contributed by atoms with Crippen molar-refractivity contribution in [1.29, 1.82) is 0 Å². The lowest BCUT2D eigenvalue weighted by atomic mass is 10.1. The first kappa shape index (κ1) is 51.1. The van der Waals surface area contributed by atoms with E-state index in [2.05, 4.69) is 81.5 Å². The van der Waals surface area contributed by atoms with Crippen molar-refractivity contribution in [2.75, 3.05) is 13.2 Å². The maximum Gasteiger partial charge on any atom is 0.306 e. The van der Waals surface area contributed by atoms with Crippen molar-refractivity contribution in [2.45, 2.75) is 213 Å². The molecule has 0 aromatic rings. The molecule has 0 amide bonds. The molecular weight excluding hydrogens is 673 g/mol. The summed E-state index contributed by atoms with van der Waals surface area (Å²) >= 11 is 0. The molecule has 0 heterocycles. The van der Waals surface area contributed by atoms with Crippen LogP contribution in [-0.2, 0) is 28.6 Å². The third-order valence-corrected chi connectivity index (χ3v) is 9.34. The van der Waals surface area contributed by atoms with Crippen molar-refractivity contribution in [1.82, 2.24) is 0 Å². The molecule has 0 spiro atoms. The minimum Gasteiger partial charge on any atom is -0.462 e. The number of esters is 3. The second-order valence-electron chi connectivity index (χ2n) is 14.7. The van der Waals surface area contributed by atoms with E-state index >= 15 is 0 Å². The number of hydrogen-bond donors (Lipinski definition) is 0. The van der Waals surface area contributed by atoms with E-state index in [1.54, 1.807) is 0 Å². The third kappa shape index (κ3) is 40.3. The molecule has 0 aliphatic carbocycles. The summed E-state index contributed by atoms with van der Waals surface area (Å²) in [5.41, 5.74) is 0. The van der Waals surface area contributed by atoms with Crippen LogP contribution in [0.4, 0.5) is 0 Å². The van der Waals surface area contributed by atoms with E-state index in [4.69, 9.17) is 14.2 Å². The summed E-state index contributed by atoms with van der Waals surface area (Å²) in [5, 5.41) is 0. The summed E-state index contributed by atoms with van der Waals surface area (Å²) in [6, 6.07) is 0. The summed E-state index contributed by atoms with van der Waals surface area (Å²) in [6.07, 6.45) is 50.7. The maximum atomic E-state index is 12.6. The van der Waals surface area contributed by atoms with Gasteiger partial charge in [-0.25, -0.2) is 0 Å². The topological polar surface area (TPSA) is 78.9 Å². The normalized spacial score (nSPS) is 12.6. The number of ether oxygens (including phenoxy) is 3. The van der Waals surface area contributed by atoms with E-state index < -0.39 is 6.10 Å². The fourth-order valence-electron chi connectivity index (χ4n) is 5.93. The van der Waals surface area contributed by atoms with Gasteiger partial charge >= 0.3 is 17.9 Å². The Hall–Kier alpha value is -2.89. The highest BCUT2D eigenvalue weighted by Gasteiger charge is 2.19. The molecule has 0 aromatic carbocycles. The van der Waals surface area contributed by atoms with Crippen LogP contribution in [0.1, 0.15) is 207 Å². The first-order chi connectivity index (χ1) is 26.5. The fourth-order valence-corrected chi connectivity index (χ4v) is 5.93. The van der Waals surface area contributed by atoms with Crippen LogP contribution in [-0.4, -0.2) is 37.2 Å². The maximum absolute atomic E-state index is 12.6. The van der Waals surface area contributed by atoms with Crippen LogP contribution in [0.15, 0.2) is 60.8 Å². The molecule has 54 heavy (non-hydrogen) atoms. The first-order valence-corrected chi connectivity index (χ1v) is 22.3. The third-order valence-electron chi connectivity index (χ3n) is 9.34. The van der Waals surface area contributed by atoms with E-state index in [1.165, 1.54) is 83.5 Å². The van der Waals surface area contributed by atoms with Gasteiger partial charge in [-0.05, 0) is 64.2 Å². The van der Waals surface area contributed by atoms with Gasteiger partial charge in [-0.2, -0.15) is 0 Å². The van der Waals surface area contributed by atoms with Gasteiger partial charge in [-0.15, -0.1) is 0 Å². The second-order valence-corrected chi connectivity index (χ2v) is 14.7. The Morgan fingerprint density at radius 3 is 1.20 bits per heavy atom. The molecular formula is C48H82O6. The Kier molecular flexibility index (Phi) is 40.6. The van der Waals surface area contributed by atoms with Crippen molar-refractivity contribution in [3.8, 4) is 0 Å². The zero-order valence-electron chi connectivity index (χ0n) is 35.2. The molecule has 1 atom stereocenters. The summed E-state index contributed by atoms with van der Waals surface area (Å²) in [6.45, 7) is 6.48. The molecule has 0 aromatic heterocycles. The van der Waals surface area contributed by atoms with Crippen molar-refractivity contribution in [3.05, 3.63) is 60.8 Å². The molecule has 6 heteroatoms. The zero-order chi connectivity index (χ0) is 39.4. The van der Waals surface area contributed by atoms with E-state index in [9.17, 15) is 14.4 Å². The number of carbonyl (C=O) groups excluding carboxylic acids is 3. The SMILES string of the molecule is CCCCC\C=C/C=C\C=C/C=C\CCCCCCCC(=O)OCC(COC(=O)CCCCCCCCCCC)OC(=O)CCC/C=C\CCCCCC. The average molecular weight is 755 g/mol. The Morgan fingerprint density at radius 2 is 0.704 bits per heavy atom. The second kappa shape index (κ2) is 42.8. The molecule has 0 saturated carbocycles. The number of hydrogen-bond acceptors (Lipinski definition) is 6. The molecule has 310 valence electrons. The molecule has 1 unspecified atom stereocenters. The number of allylic oxidation sites excluding steroid dienone is 10. The van der Waals surface area contributed by atoms with Crippen LogP contribution in [0.5, 0.6) is 0 Å². The molecule has 0 rings (SSSR count). The Bertz CT molecular complexity index is 1010. The number of unbranched alkanes of at least 4 members (excludes halogenated alkanes) is 21. The Labute approximate surface area is 332 Å². The molecule has 0 aliphatic rings. The minimum absolute atomic E-state index is 0.0928. The van der Waals surface area contributed by atoms with Gasteiger partial charge in [0, 0.05) is 19.3 Å². The highest BCUT2D eigenvalue weighted by atomic mass is 16.6. The Balaban J connectivity index is 4.38. The van der Waals surface area contributed by atoms with Crippen molar-refractivity contribution in [3.63, 3.8) is 0 Å². The molecule has 0 fully saturated rings. The van der Waals surface area contributed by atoms with Gasteiger partial charge < -0.3 is 14.2 Å². The average Bonchev–Trinajstić information content (AvgIpc) is 3.17. The lowest BCUT2D eigenvalue weighted by Crippen LogP contribution is -2.30.